The molecule has 0 spiro atoms. The number of hydrogen-bond donors (Lipinski definition) is 0. The highest BCUT2D eigenvalue weighted by atomic mass is 32.2. The van der Waals surface area contributed by atoms with Crippen LogP contribution in [0, 0.1) is 5.82 Å². The van der Waals surface area contributed by atoms with E-state index in [0.717, 1.165) is 11.1 Å². The van der Waals surface area contributed by atoms with Gasteiger partial charge in [0.05, 0.1) is 22.4 Å². The smallest absolute Gasteiger partial charge is 0.260 e. The summed E-state index contributed by atoms with van der Waals surface area (Å²) in [6.07, 6.45) is 2.16. The number of rotatable bonds is 6. The molecule has 6 rings (SSSR count). The average Bonchev–Trinajstić information content (AvgIpc) is 3.62. The summed E-state index contributed by atoms with van der Waals surface area (Å²) >= 11 is 1.19. The third-order valence-corrected chi connectivity index (χ3v) is 9.47. The van der Waals surface area contributed by atoms with Crippen LogP contribution in [0.15, 0.2) is 94.4 Å². The molecule has 0 saturated heterocycles. The summed E-state index contributed by atoms with van der Waals surface area (Å²) in [6, 6.07) is 21.8. The van der Waals surface area contributed by atoms with Gasteiger partial charge in [-0.05, 0) is 66.1 Å². The lowest BCUT2D eigenvalue weighted by Gasteiger charge is -2.28. The molecule has 3 heterocycles. The Balaban J connectivity index is 1.29. The van der Waals surface area contributed by atoms with Gasteiger partial charge in [0.1, 0.15) is 17.1 Å². The van der Waals surface area contributed by atoms with Crippen LogP contribution in [0.5, 0.6) is 0 Å². The number of carbonyl (C=O) groups excluding carboxylic acids is 1. The number of para-hydroxylation sites is 1. The number of aromatic nitrogens is 1. The first-order valence-electron chi connectivity index (χ1n) is 12.0. The van der Waals surface area contributed by atoms with E-state index in [9.17, 15) is 17.6 Å². The number of nitrogens with zero attached hydrogens (tertiary/aromatic N) is 3. The number of halogens is 1. The number of sulfonamides is 1. The molecule has 1 aliphatic rings. The first-order chi connectivity index (χ1) is 18.4. The van der Waals surface area contributed by atoms with Crippen molar-refractivity contribution in [2.45, 2.75) is 24.4 Å². The van der Waals surface area contributed by atoms with Crippen molar-refractivity contribution in [1.82, 2.24) is 9.29 Å². The molecular weight excluding hydrogens is 525 g/mol. The molecule has 0 fully saturated rings. The summed E-state index contributed by atoms with van der Waals surface area (Å²) in [7, 11) is -3.74. The number of carbonyl (C=O) groups is 1. The fourth-order valence-corrected chi connectivity index (χ4v) is 6.95. The summed E-state index contributed by atoms with van der Waals surface area (Å²) < 4.78 is 48.5. The quantitative estimate of drug-likeness (QED) is 0.275. The number of anilines is 1. The molecule has 0 radical (unpaired) electrons. The normalized spacial score (nSPS) is 13.9. The minimum Gasteiger partial charge on any atom is -0.467 e. The lowest BCUT2D eigenvalue weighted by atomic mass is 10.0. The molecular formula is C28H22FN3O4S2. The van der Waals surface area contributed by atoms with Gasteiger partial charge in [-0.25, -0.2) is 17.8 Å². The van der Waals surface area contributed by atoms with E-state index < -0.39 is 21.7 Å². The van der Waals surface area contributed by atoms with Crippen molar-refractivity contribution >= 4 is 42.6 Å². The maximum Gasteiger partial charge on any atom is 0.260 e. The van der Waals surface area contributed by atoms with E-state index in [0.29, 0.717) is 35.1 Å². The summed E-state index contributed by atoms with van der Waals surface area (Å²) in [4.78, 5) is 19.5. The SMILES string of the molecule is O=C(c1ccc(S(=O)(=O)N2CCc3ccccc3C2)cc1)N(Cc1ccco1)c1nc2c(F)cccc2s1. The van der Waals surface area contributed by atoms with Gasteiger partial charge in [-0.1, -0.05) is 41.7 Å². The fraction of sp³-hybridized carbons (Fsp3) is 0.143. The number of amides is 1. The standard InChI is InChI=1S/C28H22FN3O4S2/c29-24-8-3-9-25-26(24)30-28(37-25)32(18-22-7-4-16-36-22)27(33)20-10-12-23(13-11-20)38(34,35)31-15-14-19-5-1-2-6-21(19)17-31/h1-13,16H,14-15,17-18H2. The van der Waals surface area contributed by atoms with Crippen LogP contribution in [0.4, 0.5) is 9.52 Å². The van der Waals surface area contributed by atoms with E-state index in [4.69, 9.17) is 4.42 Å². The molecule has 0 unspecified atom stereocenters. The predicted molar refractivity (Wildman–Crippen MR) is 143 cm³/mol. The third kappa shape index (κ3) is 4.51. The van der Waals surface area contributed by atoms with E-state index >= 15 is 0 Å². The second-order valence-corrected chi connectivity index (χ2v) is 11.9. The van der Waals surface area contributed by atoms with E-state index in [-0.39, 0.29) is 22.5 Å². The molecule has 5 aromatic rings. The van der Waals surface area contributed by atoms with Gasteiger partial charge in [-0.15, -0.1) is 0 Å². The van der Waals surface area contributed by atoms with Gasteiger partial charge in [0.25, 0.3) is 5.91 Å². The molecule has 0 bridgehead atoms. The summed E-state index contributed by atoms with van der Waals surface area (Å²) in [6.45, 7) is 0.788. The average molecular weight is 548 g/mol. The zero-order valence-electron chi connectivity index (χ0n) is 20.1. The minimum absolute atomic E-state index is 0.0838. The number of thiazole rings is 1. The lowest BCUT2D eigenvalue weighted by molar-refractivity contribution is 0.0983. The van der Waals surface area contributed by atoms with Gasteiger partial charge in [0, 0.05) is 18.7 Å². The molecule has 1 aliphatic heterocycles. The van der Waals surface area contributed by atoms with Crippen molar-refractivity contribution in [3.63, 3.8) is 0 Å². The molecule has 3 aromatic carbocycles. The Labute approximate surface area is 222 Å². The summed E-state index contributed by atoms with van der Waals surface area (Å²) in [5, 5.41) is 0.315. The zero-order chi connectivity index (χ0) is 26.3. The second kappa shape index (κ2) is 9.79. The van der Waals surface area contributed by atoms with Crippen LogP contribution >= 0.6 is 11.3 Å². The van der Waals surface area contributed by atoms with Gasteiger partial charge >= 0.3 is 0 Å². The third-order valence-electron chi connectivity index (χ3n) is 6.56. The maximum atomic E-state index is 14.3. The second-order valence-electron chi connectivity index (χ2n) is 8.94. The van der Waals surface area contributed by atoms with Gasteiger partial charge in [0.2, 0.25) is 10.0 Å². The van der Waals surface area contributed by atoms with Crippen LogP contribution in [-0.4, -0.2) is 30.2 Å². The molecule has 192 valence electrons. The summed E-state index contributed by atoms with van der Waals surface area (Å²) in [5.41, 5.74) is 2.62. The molecule has 1 amide bonds. The van der Waals surface area contributed by atoms with Crippen LogP contribution in [0.25, 0.3) is 10.2 Å². The van der Waals surface area contributed by atoms with Crippen molar-refractivity contribution < 1.29 is 22.0 Å². The van der Waals surface area contributed by atoms with Crippen molar-refractivity contribution in [3.05, 3.63) is 113 Å². The summed E-state index contributed by atoms with van der Waals surface area (Å²) in [5.74, 6) is -0.343. The Morgan fingerprint density at radius 3 is 2.53 bits per heavy atom. The predicted octanol–water partition coefficient (Wildman–Crippen LogP) is 5.62. The molecule has 2 aromatic heterocycles. The topological polar surface area (TPSA) is 83.7 Å². The zero-order valence-corrected chi connectivity index (χ0v) is 21.7. The van der Waals surface area contributed by atoms with Crippen LogP contribution < -0.4 is 4.90 Å². The molecule has 0 N–H and O–H groups in total. The maximum absolute atomic E-state index is 14.3. The Bertz CT molecular complexity index is 1730. The van der Waals surface area contributed by atoms with Crippen molar-refractivity contribution in [2.24, 2.45) is 0 Å². The molecule has 0 saturated carbocycles. The van der Waals surface area contributed by atoms with Gasteiger partial charge in [-0.2, -0.15) is 4.31 Å². The van der Waals surface area contributed by atoms with Gasteiger partial charge in [0.15, 0.2) is 5.13 Å². The fourth-order valence-electron chi connectivity index (χ4n) is 4.55. The van der Waals surface area contributed by atoms with E-state index in [1.165, 1.54) is 57.1 Å². The van der Waals surface area contributed by atoms with Crippen LogP contribution in [0.1, 0.15) is 27.2 Å². The molecule has 7 nitrogen and oxygen atoms in total. The van der Waals surface area contributed by atoms with Crippen molar-refractivity contribution in [3.8, 4) is 0 Å². The number of hydrogen-bond acceptors (Lipinski definition) is 6. The first-order valence-corrected chi connectivity index (χ1v) is 14.2. The van der Waals surface area contributed by atoms with Crippen LogP contribution in [0.2, 0.25) is 0 Å². The lowest BCUT2D eigenvalue weighted by Crippen LogP contribution is -2.36. The highest BCUT2D eigenvalue weighted by Crippen LogP contribution is 2.32. The largest absolute Gasteiger partial charge is 0.467 e. The van der Waals surface area contributed by atoms with Crippen molar-refractivity contribution in [2.75, 3.05) is 11.4 Å². The van der Waals surface area contributed by atoms with Gasteiger partial charge < -0.3 is 4.42 Å². The monoisotopic (exact) mass is 547 g/mol. The Hall–Kier alpha value is -3.86. The minimum atomic E-state index is -3.74. The van der Waals surface area contributed by atoms with Gasteiger partial charge in [-0.3, -0.25) is 9.69 Å². The van der Waals surface area contributed by atoms with E-state index in [1.807, 2.05) is 24.3 Å². The molecule has 38 heavy (non-hydrogen) atoms. The number of furan rings is 1. The highest BCUT2D eigenvalue weighted by Gasteiger charge is 2.29. The molecule has 0 aliphatic carbocycles. The Morgan fingerprint density at radius 2 is 1.79 bits per heavy atom. The number of fused-ring (bicyclic) bond motifs is 2. The molecule has 10 heteroatoms. The highest BCUT2D eigenvalue weighted by molar-refractivity contribution is 7.89. The Kier molecular flexibility index (Phi) is 6.30. The van der Waals surface area contributed by atoms with Crippen LogP contribution in [-0.2, 0) is 29.5 Å². The van der Waals surface area contributed by atoms with E-state index in [2.05, 4.69) is 4.98 Å². The van der Waals surface area contributed by atoms with Crippen molar-refractivity contribution in [1.29, 1.82) is 0 Å². The number of benzene rings is 3. The van der Waals surface area contributed by atoms with Crippen LogP contribution in [0.3, 0.4) is 0 Å². The Morgan fingerprint density at radius 1 is 1.00 bits per heavy atom. The first kappa shape index (κ1) is 24.5. The van der Waals surface area contributed by atoms with E-state index in [1.54, 1.807) is 24.3 Å². The molecule has 0 atom stereocenters.